The van der Waals surface area contributed by atoms with Gasteiger partial charge in [-0.1, -0.05) is 0 Å². The van der Waals surface area contributed by atoms with Crippen LogP contribution in [0.3, 0.4) is 0 Å². The smallest absolute Gasteiger partial charge is 0.351 e. The first kappa shape index (κ1) is 14.4. The lowest BCUT2D eigenvalue weighted by Gasteiger charge is -2.23. The second-order valence-corrected chi connectivity index (χ2v) is 4.91. The molecule has 3 atom stereocenters. The summed E-state index contributed by atoms with van der Waals surface area (Å²) in [6.45, 7) is 1.07. The Morgan fingerprint density at radius 1 is 1.75 bits per heavy atom. The second-order valence-electron chi connectivity index (χ2n) is 4.91. The van der Waals surface area contributed by atoms with Gasteiger partial charge in [-0.2, -0.15) is 4.98 Å². The van der Waals surface area contributed by atoms with E-state index in [1.54, 1.807) is 0 Å². The zero-order chi connectivity index (χ0) is 15.1. The van der Waals surface area contributed by atoms with Crippen LogP contribution in [0.15, 0.2) is 11.0 Å². The van der Waals surface area contributed by atoms with E-state index in [9.17, 15) is 19.1 Å². The van der Waals surface area contributed by atoms with Crippen molar-refractivity contribution in [3.63, 3.8) is 0 Å². The summed E-state index contributed by atoms with van der Waals surface area (Å²) in [7, 11) is 0. The fourth-order valence-corrected chi connectivity index (χ4v) is 2.21. The van der Waals surface area contributed by atoms with Crippen LogP contribution < -0.4 is 17.2 Å². The molecule has 9 heteroatoms. The third kappa shape index (κ3) is 2.14. The van der Waals surface area contributed by atoms with E-state index in [1.807, 2.05) is 0 Å². The Hall–Kier alpha value is -2.00. The van der Waals surface area contributed by atoms with E-state index in [2.05, 4.69) is 4.98 Å². The lowest BCUT2D eigenvalue weighted by molar-refractivity contribution is -0.131. The maximum absolute atomic E-state index is 13.4. The summed E-state index contributed by atoms with van der Waals surface area (Å²) >= 11 is 0. The van der Waals surface area contributed by atoms with E-state index in [0.717, 1.165) is 10.8 Å². The summed E-state index contributed by atoms with van der Waals surface area (Å²) < 4.78 is 19.7. The molecule has 0 bridgehead atoms. The van der Waals surface area contributed by atoms with Gasteiger partial charge in [0.05, 0.1) is 24.3 Å². The minimum absolute atomic E-state index is 0.0263. The van der Waals surface area contributed by atoms with Gasteiger partial charge in [-0.15, -0.1) is 0 Å². The lowest BCUT2D eigenvalue weighted by atomic mass is 9.82. The molecular weight excluding hydrogens is 271 g/mol. The molecule has 0 radical (unpaired) electrons. The number of ether oxygens (including phenoxy) is 1. The van der Waals surface area contributed by atoms with Crippen LogP contribution in [0.2, 0.25) is 0 Å². The SMILES string of the molecule is CC1(C(N)=O)C[C@H](n2cc(F)c(N)nc2=O)O[C@@H]1CO. The van der Waals surface area contributed by atoms with Crippen molar-refractivity contribution in [2.24, 2.45) is 11.1 Å². The monoisotopic (exact) mass is 286 g/mol. The molecule has 8 nitrogen and oxygen atoms in total. The zero-order valence-corrected chi connectivity index (χ0v) is 10.7. The fraction of sp³-hybridized carbons (Fsp3) is 0.545. The average Bonchev–Trinajstić information content (AvgIpc) is 2.72. The number of amides is 1. The van der Waals surface area contributed by atoms with Crippen LogP contribution in [0.1, 0.15) is 19.6 Å². The van der Waals surface area contributed by atoms with E-state index in [1.165, 1.54) is 6.92 Å². The van der Waals surface area contributed by atoms with Crippen molar-refractivity contribution in [1.82, 2.24) is 9.55 Å². The second kappa shape index (κ2) is 4.84. The molecule has 1 saturated heterocycles. The molecule has 0 aliphatic carbocycles. The number of hydrogen-bond acceptors (Lipinski definition) is 6. The number of carbonyl (C=O) groups excluding carboxylic acids is 1. The molecule has 0 spiro atoms. The summed E-state index contributed by atoms with van der Waals surface area (Å²) in [4.78, 5) is 26.5. The van der Waals surface area contributed by atoms with Crippen molar-refractivity contribution in [1.29, 1.82) is 0 Å². The first-order valence-corrected chi connectivity index (χ1v) is 5.90. The topological polar surface area (TPSA) is 133 Å². The Balaban J connectivity index is 2.40. The van der Waals surface area contributed by atoms with Gasteiger partial charge in [-0.05, 0) is 6.92 Å². The highest BCUT2D eigenvalue weighted by Gasteiger charge is 2.50. The molecule has 0 aromatic carbocycles. The lowest BCUT2D eigenvalue weighted by Crippen LogP contribution is -2.42. The van der Waals surface area contributed by atoms with Gasteiger partial charge >= 0.3 is 5.69 Å². The van der Waals surface area contributed by atoms with Gasteiger partial charge in [0.25, 0.3) is 0 Å². The summed E-state index contributed by atoms with van der Waals surface area (Å²) in [5.74, 6) is -2.06. The number of primary amides is 1. The van der Waals surface area contributed by atoms with Crippen molar-refractivity contribution >= 4 is 11.7 Å². The summed E-state index contributed by atoms with van der Waals surface area (Å²) in [5, 5.41) is 9.25. The molecule has 1 amide bonds. The maximum atomic E-state index is 13.4. The Bertz CT molecular complexity index is 605. The van der Waals surface area contributed by atoms with Crippen LogP contribution in [0.25, 0.3) is 0 Å². The standard InChI is InChI=1S/C11H15FN4O4/c1-11(9(14)18)2-7(20-6(11)4-17)16-3-5(12)8(13)15-10(16)19/h3,6-7,17H,2,4H2,1H3,(H2,14,18)(H2,13,15,19)/t6-,7-,11?/m1/s1. The Labute approximate surface area is 113 Å². The number of aromatic nitrogens is 2. The molecule has 5 N–H and O–H groups in total. The number of aliphatic hydroxyl groups excluding tert-OH is 1. The largest absolute Gasteiger partial charge is 0.394 e. The molecule has 1 unspecified atom stereocenters. The van der Waals surface area contributed by atoms with Crippen LogP contribution in [0.4, 0.5) is 10.2 Å². The van der Waals surface area contributed by atoms with Crippen molar-refractivity contribution in [3.8, 4) is 0 Å². The molecule has 1 fully saturated rings. The van der Waals surface area contributed by atoms with E-state index in [4.69, 9.17) is 16.2 Å². The van der Waals surface area contributed by atoms with Crippen molar-refractivity contribution in [2.75, 3.05) is 12.3 Å². The molecule has 1 aromatic heterocycles. The van der Waals surface area contributed by atoms with E-state index >= 15 is 0 Å². The Morgan fingerprint density at radius 3 is 2.90 bits per heavy atom. The number of nitrogens with two attached hydrogens (primary N) is 2. The molecule has 1 aromatic rings. The summed E-state index contributed by atoms with van der Waals surface area (Å²) in [6.07, 6.45) is -0.938. The molecule has 1 aliphatic heterocycles. The first-order chi connectivity index (χ1) is 9.29. The average molecular weight is 286 g/mol. The van der Waals surface area contributed by atoms with Crippen LogP contribution in [-0.4, -0.2) is 33.3 Å². The van der Waals surface area contributed by atoms with Gasteiger partial charge in [-0.3, -0.25) is 9.36 Å². The predicted octanol–water partition coefficient (Wildman–Crippen LogP) is -1.26. The molecule has 2 rings (SSSR count). The highest BCUT2D eigenvalue weighted by Crippen LogP contribution is 2.42. The molecule has 110 valence electrons. The number of aliphatic hydroxyl groups is 1. The summed E-state index contributed by atoms with van der Waals surface area (Å²) in [6, 6.07) is 0. The zero-order valence-electron chi connectivity index (χ0n) is 10.7. The highest BCUT2D eigenvalue weighted by atomic mass is 19.1. The number of nitrogens with zero attached hydrogens (tertiary/aromatic N) is 2. The number of hydrogen-bond donors (Lipinski definition) is 3. The molecular formula is C11H15FN4O4. The quantitative estimate of drug-likeness (QED) is 0.634. The van der Waals surface area contributed by atoms with Crippen LogP contribution >= 0.6 is 0 Å². The van der Waals surface area contributed by atoms with Crippen molar-refractivity contribution < 1.29 is 19.0 Å². The Kier molecular flexibility index (Phi) is 3.48. The fourth-order valence-electron chi connectivity index (χ4n) is 2.21. The van der Waals surface area contributed by atoms with E-state index in [0.29, 0.717) is 0 Å². The van der Waals surface area contributed by atoms with Gasteiger partial charge in [0, 0.05) is 6.42 Å². The molecule has 2 heterocycles. The van der Waals surface area contributed by atoms with Crippen LogP contribution in [0, 0.1) is 11.2 Å². The highest BCUT2D eigenvalue weighted by molar-refractivity contribution is 5.81. The Morgan fingerprint density at radius 2 is 2.40 bits per heavy atom. The van der Waals surface area contributed by atoms with E-state index in [-0.39, 0.29) is 6.42 Å². The van der Waals surface area contributed by atoms with Crippen molar-refractivity contribution in [3.05, 3.63) is 22.5 Å². The number of nitrogen functional groups attached to an aromatic ring is 1. The summed E-state index contributed by atoms with van der Waals surface area (Å²) in [5.41, 5.74) is 8.53. The third-order valence-corrected chi connectivity index (χ3v) is 3.60. The minimum Gasteiger partial charge on any atom is -0.394 e. The molecule has 20 heavy (non-hydrogen) atoms. The van der Waals surface area contributed by atoms with Crippen molar-refractivity contribution in [2.45, 2.75) is 25.7 Å². The van der Waals surface area contributed by atoms with Gasteiger partial charge in [-0.25, -0.2) is 9.18 Å². The molecule has 0 saturated carbocycles. The third-order valence-electron chi connectivity index (χ3n) is 3.60. The minimum atomic E-state index is -1.16. The first-order valence-electron chi connectivity index (χ1n) is 5.90. The number of rotatable bonds is 3. The normalized spacial score (nSPS) is 29.6. The van der Waals surface area contributed by atoms with E-state index < -0.39 is 47.6 Å². The van der Waals surface area contributed by atoms with Gasteiger partial charge in [0.2, 0.25) is 5.91 Å². The van der Waals surface area contributed by atoms with Gasteiger partial charge < -0.3 is 21.3 Å². The number of halogens is 1. The number of anilines is 1. The van der Waals surface area contributed by atoms with Crippen LogP contribution in [0.5, 0.6) is 0 Å². The van der Waals surface area contributed by atoms with Crippen LogP contribution in [-0.2, 0) is 9.53 Å². The predicted molar refractivity (Wildman–Crippen MR) is 65.8 cm³/mol. The van der Waals surface area contributed by atoms with Gasteiger partial charge in [0.1, 0.15) is 6.23 Å². The number of carbonyl (C=O) groups is 1. The van der Waals surface area contributed by atoms with Gasteiger partial charge in [0.15, 0.2) is 11.6 Å². The maximum Gasteiger partial charge on any atom is 0.351 e. The molecule has 1 aliphatic rings.